The number of nitrogens with one attached hydrogen (secondary N) is 1. The molecule has 2 N–H and O–H groups in total. The third-order valence-corrected chi connectivity index (χ3v) is 3.65. The number of phenols is 1. The molecule has 16 heavy (non-hydrogen) atoms. The van der Waals surface area contributed by atoms with Crippen molar-refractivity contribution in [3.63, 3.8) is 0 Å². The van der Waals surface area contributed by atoms with Crippen LogP contribution in [0.3, 0.4) is 0 Å². The lowest BCUT2D eigenvalue weighted by Crippen LogP contribution is -2.10. The molecule has 0 amide bonds. The van der Waals surface area contributed by atoms with Crippen molar-refractivity contribution in [1.82, 2.24) is 5.32 Å². The summed E-state index contributed by atoms with van der Waals surface area (Å²) < 4.78 is 19.4. The molecule has 1 aromatic rings. The highest BCUT2D eigenvalue weighted by Crippen LogP contribution is 2.42. The maximum atomic E-state index is 13.8. The molecule has 1 unspecified atom stereocenters. The molecule has 88 valence electrons. The van der Waals surface area contributed by atoms with Gasteiger partial charge in [0.1, 0.15) is 5.82 Å². The lowest BCUT2D eigenvalue weighted by atomic mass is 9.97. The van der Waals surface area contributed by atoms with Gasteiger partial charge in [0.05, 0.1) is 11.6 Å². The van der Waals surface area contributed by atoms with Crippen LogP contribution < -0.4 is 10.1 Å². The summed E-state index contributed by atoms with van der Waals surface area (Å²) in [6.07, 6.45) is 0.892. The van der Waals surface area contributed by atoms with E-state index in [-0.39, 0.29) is 17.5 Å². The summed E-state index contributed by atoms with van der Waals surface area (Å²) in [5.41, 5.74) is 0.583. The van der Waals surface area contributed by atoms with E-state index >= 15 is 0 Å². The van der Waals surface area contributed by atoms with Crippen molar-refractivity contribution in [3.05, 3.63) is 21.9 Å². The number of aromatic hydroxyl groups is 1. The number of rotatable bonds is 2. The van der Waals surface area contributed by atoms with E-state index in [9.17, 15) is 9.50 Å². The molecule has 0 bridgehead atoms. The number of methoxy groups -OCH3 is 1. The summed E-state index contributed by atoms with van der Waals surface area (Å²) in [6.45, 7) is 1.64. The monoisotopic (exact) mass is 289 g/mol. The lowest BCUT2D eigenvalue weighted by Gasteiger charge is -2.16. The van der Waals surface area contributed by atoms with Crippen molar-refractivity contribution in [2.75, 3.05) is 20.2 Å². The Morgan fingerprint density at radius 3 is 2.94 bits per heavy atom. The van der Waals surface area contributed by atoms with E-state index in [1.54, 1.807) is 0 Å². The minimum Gasteiger partial charge on any atom is -0.504 e. The van der Waals surface area contributed by atoms with Gasteiger partial charge in [-0.2, -0.15) is 0 Å². The Morgan fingerprint density at radius 2 is 2.38 bits per heavy atom. The molecule has 0 radical (unpaired) electrons. The molecule has 0 aromatic heterocycles. The molecule has 1 heterocycles. The fraction of sp³-hybridized carbons (Fsp3) is 0.455. The van der Waals surface area contributed by atoms with Gasteiger partial charge in [0, 0.05) is 24.1 Å². The molecule has 2 rings (SSSR count). The average Bonchev–Trinajstić information content (AvgIpc) is 2.70. The average molecular weight is 290 g/mol. The van der Waals surface area contributed by atoms with Crippen LogP contribution in [0.4, 0.5) is 4.39 Å². The second kappa shape index (κ2) is 4.59. The van der Waals surface area contributed by atoms with Gasteiger partial charge >= 0.3 is 0 Å². The van der Waals surface area contributed by atoms with E-state index in [0.717, 1.165) is 25.6 Å². The van der Waals surface area contributed by atoms with Crippen LogP contribution in [0.5, 0.6) is 11.5 Å². The van der Waals surface area contributed by atoms with E-state index in [1.165, 1.54) is 7.11 Å². The first kappa shape index (κ1) is 11.7. The van der Waals surface area contributed by atoms with Gasteiger partial charge in [0.25, 0.3) is 0 Å². The molecule has 1 saturated heterocycles. The van der Waals surface area contributed by atoms with E-state index in [1.807, 2.05) is 0 Å². The second-order valence-corrected chi connectivity index (χ2v) is 4.62. The molecule has 1 aliphatic rings. The SMILES string of the molecule is COc1c(O)cc(F)c(C2CCNC2)c1Br. The van der Waals surface area contributed by atoms with Gasteiger partial charge in [-0.3, -0.25) is 0 Å². The van der Waals surface area contributed by atoms with Gasteiger partial charge < -0.3 is 15.2 Å². The lowest BCUT2D eigenvalue weighted by molar-refractivity contribution is 0.366. The summed E-state index contributed by atoms with van der Waals surface area (Å²) in [7, 11) is 1.45. The quantitative estimate of drug-likeness (QED) is 0.878. The molecule has 0 aliphatic carbocycles. The normalized spacial score (nSPS) is 20.1. The van der Waals surface area contributed by atoms with Gasteiger partial charge in [-0.25, -0.2) is 4.39 Å². The number of benzene rings is 1. The van der Waals surface area contributed by atoms with Crippen LogP contribution in [0.1, 0.15) is 17.9 Å². The molecule has 1 fully saturated rings. The number of hydrogen-bond acceptors (Lipinski definition) is 3. The van der Waals surface area contributed by atoms with Crippen LogP contribution >= 0.6 is 15.9 Å². The molecule has 1 aliphatic heterocycles. The number of hydrogen-bond donors (Lipinski definition) is 2. The smallest absolute Gasteiger partial charge is 0.175 e. The first-order valence-corrected chi connectivity index (χ1v) is 5.90. The topological polar surface area (TPSA) is 41.5 Å². The van der Waals surface area contributed by atoms with Crippen molar-refractivity contribution in [1.29, 1.82) is 0 Å². The van der Waals surface area contributed by atoms with Crippen molar-refractivity contribution in [3.8, 4) is 11.5 Å². The van der Waals surface area contributed by atoms with Gasteiger partial charge in [-0.05, 0) is 28.9 Å². The fourth-order valence-corrected chi connectivity index (χ4v) is 2.95. The van der Waals surface area contributed by atoms with Gasteiger partial charge in [-0.1, -0.05) is 0 Å². The van der Waals surface area contributed by atoms with Crippen molar-refractivity contribution >= 4 is 15.9 Å². The predicted octanol–water partition coefficient (Wildman–Crippen LogP) is 2.38. The van der Waals surface area contributed by atoms with E-state index in [2.05, 4.69) is 21.2 Å². The van der Waals surface area contributed by atoms with Crippen LogP contribution in [-0.2, 0) is 0 Å². The van der Waals surface area contributed by atoms with Crippen molar-refractivity contribution in [2.45, 2.75) is 12.3 Å². The Balaban J connectivity index is 2.50. The maximum absolute atomic E-state index is 13.8. The summed E-state index contributed by atoms with van der Waals surface area (Å²) in [6, 6.07) is 1.11. The molecule has 1 atom stereocenters. The Hall–Kier alpha value is -0.810. The molecular formula is C11H13BrFNO2. The second-order valence-electron chi connectivity index (χ2n) is 3.83. The molecule has 3 nitrogen and oxygen atoms in total. The largest absolute Gasteiger partial charge is 0.504 e. The van der Waals surface area contributed by atoms with Crippen LogP contribution in [0.15, 0.2) is 10.5 Å². The van der Waals surface area contributed by atoms with Crippen molar-refractivity contribution in [2.24, 2.45) is 0 Å². The number of halogens is 2. The number of phenolic OH excluding ortho intramolecular Hbond substituents is 1. The van der Waals surface area contributed by atoms with Crippen LogP contribution in [0, 0.1) is 5.82 Å². The maximum Gasteiger partial charge on any atom is 0.175 e. The highest BCUT2D eigenvalue weighted by Gasteiger charge is 2.26. The first-order valence-electron chi connectivity index (χ1n) is 5.10. The third kappa shape index (κ3) is 1.89. The Kier molecular flexibility index (Phi) is 3.35. The van der Waals surface area contributed by atoms with Crippen LogP contribution in [0.25, 0.3) is 0 Å². The van der Waals surface area contributed by atoms with Gasteiger partial charge in [0.2, 0.25) is 0 Å². The molecule has 5 heteroatoms. The zero-order valence-electron chi connectivity index (χ0n) is 8.89. The van der Waals surface area contributed by atoms with Crippen molar-refractivity contribution < 1.29 is 14.2 Å². The molecule has 1 aromatic carbocycles. The predicted molar refractivity (Wildman–Crippen MR) is 62.5 cm³/mol. The van der Waals surface area contributed by atoms with E-state index in [4.69, 9.17) is 4.74 Å². The summed E-state index contributed by atoms with van der Waals surface area (Å²) >= 11 is 3.30. The first-order chi connectivity index (χ1) is 7.65. The number of ether oxygens (including phenoxy) is 1. The standard InChI is InChI=1S/C11H13BrFNO2/c1-16-11-8(15)4-7(13)9(10(11)12)6-2-3-14-5-6/h4,6,14-15H,2-3,5H2,1H3. The molecular weight excluding hydrogens is 277 g/mol. The zero-order chi connectivity index (χ0) is 11.7. The fourth-order valence-electron chi connectivity index (χ4n) is 2.07. The summed E-state index contributed by atoms with van der Waals surface area (Å²) in [5.74, 6) is -0.146. The zero-order valence-corrected chi connectivity index (χ0v) is 10.5. The summed E-state index contributed by atoms with van der Waals surface area (Å²) in [5, 5.41) is 12.7. The molecule has 0 saturated carbocycles. The van der Waals surface area contributed by atoms with E-state index < -0.39 is 0 Å². The third-order valence-electron chi connectivity index (χ3n) is 2.86. The Morgan fingerprint density at radius 1 is 1.62 bits per heavy atom. The summed E-state index contributed by atoms with van der Waals surface area (Å²) in [4.78, 5) is 0. The highest BCUT2D eigenvalue weighted by atomic mass is 79.9. The van der Waals surface area contributed by atoms with Gasteiger partial charge in [0.15, 0.2) is 11.5 Å². The van der Waals surface area contributed by atoms with Gasteiger partial charge in [-0.15, -0.1) is 0 Å². The van der Waals surface area contributed by atoms with Crippen LogP contribution in [0.2, 0.25) is 0 Å². The molecule has 0 spiro atoms. The van der Waals surface area contributed by atoms with E-state index in [0.29, 0.717) is 15.8 Å². The van der Waals surface area contributed by atoms with Crippen LogP contribution in [-0.4, -0.2) is 25.3 Å². The highest BCUT2D eigenvalue weighted by molar-refractivity contribution is 9.10. The Bertz CT molecular complexity index is 405. The Labute approximate surface area is 102 Å². The minimum atomic E-state index is -0.390. The minimum absolute atomic E-state index is 0.129.